The van der Waals surface area contributed by atoms with Crippen molar-refractivity contribution in [2.24, 2.45) is 0 Å². The molecule has 2 aromatic heterocycles. The van der Waals surface area contributed by atoms with Crippen molar-refractivity contribution in [3.05, 3.63) is 40.8 Å². The normalized spacial score (nSPS) is 17.2. The second kappa shape index (κ2) is 7.23. The van der Waals surface area contributed by atoms with Crippen LogP contribution in [0.1, 0.15) is 40.2 Å². The van der Waals surface area contributed by atoms with Crippen LogP contribution in [0.3, 0.4) is 0 Å². The number of rotatable bonds is 4. The predicted octanol–water partition coefficient (Wildman–Crippen LogP) is 1.45. The SMILES string of the molecule is O=C(NCc1cccnc1N1CCOCC1)c1n[nH]c2c1CCCC2. The second-order valence-corrected chi connectivity index (χ2v) is 6.50. The number of H-pyrrole nitrogens is 1. The van der Waals surface area contributed by atoms with Gasteiger partial charge in [0.25, 0.3) is 5.91 Å². The van der Waals surface area contributed by atoms with Crippen molar-refractivity contribution in [1.29, 1.82) is 0 Å². The molecule has 0 aromatic carbocycles. The van der Waals surface area contributed by atoms with Gasteiger partial charge in [0.2, 0.25) is 0 Å². The van der Waals surface area contributed by atoms with Crippen molar-refractivity contribution >= 4 is 11.7 Å². The van der Waals surface area contributed by atoms with Crippen molar-refractivity contribution in [3.63, 3.8) is 0 Å². The molecule has 0 saturated carbocycles. The largest absolute Gasteiger partial charge is 0.378 e. The maximum atomic E-state index is 12.6. The van der Waals surface area contributed by atoms with Crippen molar-refractivity contribution in [1.82, 2.24) is 20.5 Å². The van der Waals surface area contributed by atoms with Crippen LogP contribution in [0.4, 0.5) is 5.82 Å². The van der Waals surface area contributed by atoms with E-state index in [1.165, 1.54) is 0 Å². The molecule has 25 heavy (non-hydrogen) atoms. The molecule has 2 N–H and O–H groups in total. The summed E-state index contributed by atoms with van der Waals surface area (Å²) in [5.41, 5.74) is 3.77. The number of pyridine rings is 1. The van der Waals surface area contributed by atoms with Crippen LogP contribution in [-0.2, 0) is 24.1 Å². The van der Waals surface area contributed by atoms with E-state index in [1.54, 1.807) is 6.20 Å². The quantitative estimate of drug-likeness (QED) is 0.879. The van der Waals surface area contributed by atoms with E-state index in [2.05, 4.69) is 25.4 Å². The maximum Gasteiger partial charge on any atom is 0.272 e. The Hall–Kier alpha value is -2.41. The highest BCUT2D eigenvalue weighted by atomic mass is 16.5. The van der Waals surface area contributed by atoms with E-state index >= 15 is 0 Å². The second-order valence-electron chi connectivity index (χ2n) is 6.50. The average Bonchev–Trinajstić information content (AvgIpc) is 3.11. The van der Waals surface area contributed by atoms with E-state index < -0.39 is 0 Å². The summed E-state index contributed by atoms with van der Waals surface area (Å²) >= 11 is 0. The number of aryl methyl sites for hydroxylation is 1. The molecule has 1 aliphatic carbocycles. The van der Waals surface area contributed by atoms with Gasteiger partial charge in [-0.05, 0) is 31.7 Å². The number of hydrogen-bond donors (Lipinski definition) is 2. The van der Waals surface area contributed by atoms with Gasteiger partial charge in [0, 0.05) is 42.7 Å². The molecule has 2 aromatic rings. The Balaban J connectivity index is 1.46. The van der Waals surface area contributed by atoms with Crippen LogP contribution in [0.15, 0.2) is 18.3 Å². The Bertz CT molecular complexity index is 752. The summed E-state index contributed by atoms with van der Waals surface area (Å²) in [6.07, 6.45) is 5.99. The van der Waals surface area contributed by atoms with E-state index in [0.717, 1.165) is 61.4 Å². The molecule has 0 unspecified atom stereocenters. The Morgan fingerprint density at radius 1 is 1.28 bits per heavy atom. The number of carbonyl (C=O) groups excluding carboxylic acids is 1. The van der Waals surface area contributed by atoms with Gasteiger partial charge in [0.15, 0.2) is 5.69 Å². The van der Waals surface area contributed by atoms with Crippen LogP contribution in [0.2, 0.25) is 0 Å². The third-order valence-corrected chi connectivity index (χ3v) is 4.89. The number of nitrogens with one attached hydrogen (secondary N) is 2. The van der Waals surface area contributed by atoms with Gasteiger partial charge in [-0.3, -0.25) is 9.89 Å². The van der Waals surface area contributed by atoms with Gasteiger partial charge in [-0.2, -0.15) is 5.10 Å². The van der Waals surface area contributed by atoms with Gasteiger partial charge in [0.1, 0.15) is 5.82 Å². The zero-order valence-electron chi connectivity index (χ0n) is 14.3. The zero-order chi connectivity index (χ0) is 17.1. The molecule has 1 fully saturated rings. The highest BCUT2D eigenvalue weighted by Crippen LogP contribution is 2.22. The number of fused-ring (bicyclic) bond motifs is 1. The number of amides is 1. The van der Waals surface area contributed by atoms with Gasteiger partial charge < -0.3 is 15.0 Å². The molecule has 0 atom stereocenters. The number of aromatic nitrogens is 3. The minimum atomic E-state index is -0.115. The van der Waals surface area contributed by atoms with E-state index in [9.17, 15) is 4.79 Å². The first kappa shape index (κ1) is 16.1. The first-order valence-electron chi connectivity index (χ1n) is 8.94. The van der Waals surface area contributed by atoms with Gasteiger partial charge >= 0.3 is 0 Å². The van der Waals surface area contributed by atoms with Gasteiger partial charge in [0.05, 0.1) is 13.2 Å². The maximum absolute atomic E-state index is 12.6. The van der Waals surface area contributed by atoms with Crippen LogP contribution in [0.25, 0.3) is 0 Å². The van der Waals surface area contributed by atoms with Gasteiger partial charge in [-0.15, -0.1) is 0 Å². The molecule has 1 saturated heterocycles. The topological polar surface area (TPSA) is 83.1 Å². The standard InChI is InChI=1S/C18H23N5O2/c24-18(16-14-5-1-2-6-15(14)21-22-16)20-12-13-4-3-7-19-17(13)23-8-10-25-11-9-23/h3-4,7H,1-2,5-6,8-12H2,(H,20,24)(H,21,22). The Morgan fingerprint density at radius 2 is 2.12 bits per heavy atom. The lowest BCUT2D eigenvalue weighted by atomic mass is 9.96. The Kier molecular flexibility index (Phi) is 4.65. The monoisotopic (exact) mass is 341 g/mol. The number of anilines is 1. The highest BCUT2D eigenvalue weighted by molar-refractivity contribution is 5.94. The third kappa shape index (κ3) is 3.37. The first-order valence-corrected chi connectivity index (χ1v) is 8.94. The fraction of sp³-hybridized carbons (Fsp3) is 0.500. The molecule has 4 rings (SSSR count). The molecule has 7 heteroatoms. The summed E-state index contributed by atoms with van der Waals surface area (Å²) in [5, 5.41) is 10.3. The predicted molar refractivity (Wildman–Crippen MR) is 93.7 cm³/mol. The average molecular weight is 341 g/mol. The summed E-state index contributed by atoms with van der Waals surface area (Å²) in [6.45, 7) is 3.51. The first-order chi connectivity index (χ1) is 12.3. The van der Waals surface area contributed by atoms with Crippen LogP contribution >= 0.6 is 0 Å². The lowest BCUT2D eigenvalue weighted by molar-refractivity contribution is 0.0944. The fourth-order valence-electron chi connectivity index (χ4n) is 3.56. The smallest absolute Gasteiger partial charge is 0.272 e. The molecule has 1 amide bonds. The molecule has 7 nitrogen and oxygen atoms in total. The van der Waals surface area contributed by atoms with Crippen LogP contribution in [-0.4, -0.2) is 47.4 Å². The van der Waals surface area contributed by atoms with Crippen LogP contribution in [0, 0.1) is 0 Å². The van der Waals surface area contributed by atoms with Crippen LogP contribution in [0.5, 0.6) is 0 Å². The van der Waals surface area contributed by atoms with E-state index in [0.29, 0.717) is 25.5 Å². The number of morpholine rings is 1. The molecule has 2 aliphatic rings. The molecule has 0 bridgehead atoms. The number of aromatic amines is 1. The lowest BCUT2D eigenvalue weighted by Gasteiger charge is -2.29. The van der Waals surface area contributed by atoms with Crippen molar-refractivity contribution < 1.29 is 9.53 Å². The molecule has 0 radical (unpaired) electrons. The number of carbonyl (C=O) groups is 1. The molecular formula is C18H23N5O2. The minimum absolute atomic E-state index is 0.115. The van der Waals surface area contributed by atoms with Crippen molar-refractivity contribution in [2.45, 2.75) is 32.2 Å². The van der Waals surface area contributed by atoms with Crippen molar-refractivity contribution in [2.75, 3.05) is 31.2 Å². The summed E-state index contributed by atoms with van der Waals surface area (Å²) in [6, 6.07) is 3.92. The highest BCUT2D eigenvalue weighted by Gasteiger charge is 2.22. The molecule has 1 aliphatic heterocycles. The van der Waals surface area contributed by atoms with E-state index in [-0.39, 0.29) is 5.91 Å². The fourth-order valence-corrected chi connectivity index (χ4v) is 3.56. The number of ether oxygens (including phenoxy) is 1. The zero-order valence-corrected chi connectivity index (χ0v) is 14.3. The Labute approximate surface area is 146 Å². The molecular weight excluding hydrogens is 318 g/mol. The summed E-state index contributed by atoms with van der Waals surface area (Å²) < 4.78 is 5.41. The van der Waals surface area contributed by atoms with E-state index in [1.807, 2.05) is 12.1 Å². The lowest BCUT2D eigenvalue weighted by Crippen LogP contribution is -2.38. The van der Waals surface area contributed by atoms with Gasteiger partial charge in [-0.25, -0.2) is 4.98 Å². The van der Waals surface area contributed by atoms with Crippen molar-refractivity contribution in [3.8, 4) is 0 Å². The molecule has 132 valence electrons. The van der Waals surface area contributed by atoms with Crippen LogP contribution < -0.4 is 10.2 Å². The number of nitrogens with zero attached hydrogens (tertiary/aromatic N) is 3. The minimum Gasteiger partial charge on any atom is -0.378 e. The summed E-state index contributed by atoms with van der Waals surface area (Å²) in [7, 11) is 0. The molecule has 0 spiro atoms. The molecule has 3 heterocycles. The summed E-state index contributed by atoms with van der Waals surface area (Å²) in [4.78, 5) is 19.3. The number of hydrogen-bond acceptors (Lipinski definition) is 5. The summed E-state index contributed by atoms with van der Waals surface area (Å²) in [5.74, 6) is 0.811. The van der Waals surface area contributed by atoms with E-state index in [4.69, 9.17) is 4.74 Å². The Morgan fingerprint density at radius 3 is 3.00 bits per heavy atom. The third-order valence-electron chi connectivity index (χ3n) is 4.89. The van der Waals surface area contributed by atoms with Gasteiger partial charge in [-0.1, -0.05) is 6.07 Å².